The fraction of sp³-hybridized carbons (Fsp3) is 0.308. The van der Waals surface area contributed by atoms with Gasteiger partial charge in [0.2, 0.25) is 5.91 Å². The highest BCUT2D eigenvalue weighted by molar-refractivity contribution is 6.12. The summed E-state index contributed by atoms with van der Waals surface area (Å²) in [4.78, 5) is 29.1. The molecule has 1 N–H and O–H groups in total. The van der Waals surface area contributed by atoms with Gasteiger partial charge in [-0.1, -0.05) is 49.6 Å². The van der Waals surface area contributed by atoms with E-state index < -0.39 is 17.3 Å². The summed E-state index contributed by atoms with van der Waals surface area (Å²) in [5.41, 5.74) is 0.575. The number of benzene rings is 2. The third-order valence-corrected chi connectivity index (χ3v) is 6.78. The maximum absolute atomic E-state index is 15.0. The van der Waals surface area contributed by atoms with Crippen LogP contribution in [0.3, 0.4) is 0 Å². The number of fused-ring (bicyclic) bond motifs is 1. The summed E-state index contributed by atoms with van der Waals surface area (Å²) < 4.78 is 20.4. The zero-order chi connectivity index (χ0) is 22.1. The van der Waals surface area contributed by atoms with E-state index in [2.05, 4.69) is 5.32 Å². The summed E-state index contributed by atoms with van der Waals surface area (Å²) in [5, 5.41) is 3.00. The van der Waals surface area contributed by atoms with Crippen molar-refractivity contribution >= 4 is 17.5 Å². The van der Waals surface area contributed by atoms with Gasteiger partial charge in [0.25, 0.3) is 5.91 Å². The minimum atomic E-state index is -0.820. The highest BCUT2D eigenvalue weighted by Crippen LogP contribution is 2.51. The van der Waals surface area contributed by atoms with Gasteiger partial charge in [0, 0.05) is 5.56 Å². The second kappa shape index (κ2) is 8.26. The number of carbonyl (C=O) groups excluding carboxylic acids is 2. The van der Waals surface area contributed by atoms with Gasteiger partial charge < -0.3 is 9.73 Å². The Balaban J connectivity index is 1.65. The summed E-state index contributed by atoms with van der Waals surface area (Å²) in [6.07, 6.45) is 5.63. The van der Waals surface area contributed by atoms with Crippen molar-refractivity contribution in [1.82, 2.24) is 5.32 Å². The van der Waals surface area contributed by atoms with Crippen LogP contribution >= 0.6 is 0 Å². The Hall–Kier alpha value is -3.41. The molecule has 1 aliphatic carbocycles. The Kier molecular flexibility index (Phi) is 5.29. The minimum absolute atomic E-state index is 0.176. The average Bonchev–Trinajstić information content (AvgIpc) is 3.33. The van der Waals surface area contributed by atoms with E-state index in [0.29, 0.717) is 29.7 Å². The molecular formula is C26H25FN2O3. The summed E-state index contributed by atoms with van der Waals surface area (Å²) in [6.45, 7) is 0.258. The maximum atomic E-state index is 15.0. The van der Waals surface area contributed by atoms with E-state index in [1.807, 2.05) is 12.1 Å². The summed E-state index contributed by atoms with van der Waals surface area (Å²) >= 11 is 0. The zero-order valence-corrected chi connectivity index (χ0v) is 17.7. The van der Waals surface area contributed by atoms with E-state index in [-0.39, 0.29) is 24.0 Å². The number of rotatable bonds is 4. The van der Waals surface area contributed by atoms with Gasteiger partial charge in [-0.2, -0.15) is 0 Å². The molecule has 6 heteroatoms. The fourth-order valence-corrected chi connectivity index (χ4v) is 5.42. The van der Waals surface area contributed by atoms with Gasteiger partial charge in [-0.05, 0) is 48.7 Å². The summed E-state index contributed by atoms with van der Waals surface area (Å²) in [7, 11) is 0. The maximum Gasteiger partial charge on any atom is 0.259 e. The number of halogens is 1. The second-order valence-electron chi connectivity index (χ2n) is 8.57. The SMILES string of the molecule is O=C(NCc1ccco1)C1c2ccccc2C(=O)N(c2ccccc2F)C12CCCCC2. The molecule has 3 aromatic rings. The van der Waals surface area contributed by atoms with Gasteiger partial charge in [-0.3, -0.25) is 14.5 Å². The van der Waals surface area contributed by atoms with Gasteiger partial charge in [-0.15, -0.1) is 0 Å². The Labute approximate surface area is 186 Å². The predicted molar refractivity (Wildman–Crippen MR) is 119 cm³/mol. The first kappa shape index (κ1) is 20.5. The summed E-state index contributed by atoms with van der Waals surface area (Å²) in [6, 6.07) is 17.2. The molecule has 1 unspecified atom stereocenters. The van der Waals surface area contributed by atoms with Crippen molar-refractivity contribution in [1.29, 1.82) is 0 Å². The lowest BCUT2D eigenvalue weighted by molar-refractivity contribution is -0.124. The molecule has 2 aromatic carbocycles. The van der Waals surface area contributed by atoms with Crippen LogP contribution in [0.4, 0.5) is 10.1 Å². The largest absolute Gasteiger partial charge is 0.467 e. The van der Waals surface area contributed by atoms with Crippen LogP contribution in [0.2, 0.25) is 0 Å². The highest BCUT2D eigenvalue weighted by Gasteiger charge is 2.55. The standard InChI is InChI=1S/C26H25FN2O3/c27-21-12-4-5-13-22(21)29-25(31)20-11-3-2-10-19(20)23(26(29)14-6-1-7-15-26)24(30)28-17-18-9-8-16-32-18/h2-5,8-13,16,23H,1,6-7,14-15,17H2,(H,28,30). The first-order chi connectivity index (χ1) is 15.6. The van der Waals surface area contributed by atoms with Crippen molar-refractivity contribution in [3.63, 3.8) is 0 Å². The average molecular weight is 432 g/mol. The highest BCUT2D eigenvalue weighted by atomic mass is 19.1. The molecule has 0 saturated heterocycles. The lowest BCUT2D eigenvalue weighted by Gasteiger charge is -2.53. The molecule has 5 nitrogen and oxygen atoms in total. The molecule has 164 valence electrons. The fourth-order valence-electron chi connectivity index (χ4n) is 5.42. The predicted octanol–water partition coefficient (Wildman–Crippen LogP) is 5.18. The van der Waals surface area contributed by atoms with Crippen molar-refractivity contribution in [2.24, 2.45) is 0 Å². The number of furan rings is 1. The molecule has 2 aliphatic rings. The Bertz CT molecular complexity index is 1140. The number of nitrogens with one attached hydrogen (secondary N) is 1. The third kappa shape index (κ3) is 3.30. The van der Waals surface area contributed by atoms with Crippen molar-refractivity contribution in [2.45, 2.75) is 50.1 Å². The van der Waals surface area contributed by atoms with Crippen molar-refractivity contribution < 1.29 is 18.4 Å². The van der Waals surface area contributed by atoms with E-state index in [1.54, 1.807) is 53.6 Å². The first-order valence-corrected chi connectivity index (χ1v) is 11.1. The smallest absolute Gasteiger partial charge is 0.259 e. The summed E-state index contributed by atoms with van der Waals surface area (Å²) in [5.74, 6) is -0.833. The van der Waals surface area contributed by atoms with Crippen LogP contribution in [-0.2, 0) is 11.3 Å². The van der Waals surface area contributed by atoms with Crippen LogP contribution in [0.25, 0.3) is 0 Å². The zero-order valence-electron chi connectivity index (χ0n) is 17.7. The lowest BCUT2D eigenvalue weighted by Crippen LogP contribution is -2.63. The number of anilines is 1. The van der Waals surface area contributed by atoms with Crippen molar-refractivity contribution in [3.8, 4) is 0 Å². The first-order valence-electron chi connectivity index (χ1n) is 11.1. The van der Waals surface area contributed by atoms with Crippen LogP contribution in [0, 0.1) is 5.82 Å². The number of nitrogens with zero attached hydrogens (tertiary/aromatic N) is 1. The van der Waals surface area contributed by atoms with Gasteiger partial charge >= 0.3 is 0 Å². The van der Waals surface area contributed by atoms with E-state index >= 15 is 4.39 Å². The van der Waals surface area contributed by atoms with E-state index in [1.165, 1.54) is 6.07 Å². The van der Waals surface area contributed by atoms with Crippen molar-refractivity contribution in [2.75, 3.05) is 4.90 Å². The Morgan fingerprint density at radius 1 is 1.03 bits per heavy atom. The molecule has 0 bridgehead atoms. The third-order valence-electron chi connectivity index (χ3n) is 6.78. The number of hydrogen-bond donors (Lipinski definition) is 1. The van der Waals surface area contributed by atoms with Crippen LogP contribution in [0.15, 0.2) is 71.3 Å². The monoisotopic (exact) mass is 432 g/mol. The quantitative estimate of drug-likeness (QED) is 0.618. The number of hydrogen-bond acceptors (Lipinski definition) is 3. The molecule has 32 heavy (non-hydrogen) atoms. The molecular weight excluding hydrogens is 407 g/mol. The van der Waals surface area contributed by atoms with Gasteiger partial charge in [0.15, 0.2) is 0 Å². The van der Waals surface area contributed by atoms with E-state index in [9.17, 15) is 9.59 Å². The van der Waals surface area contributed by atoms with Gasteiger partial charge in [0.05, 0.1) is 30.0 Å². The van der Waals surface area contributed by atoms with Crippen LogP contribution in [-0.4, -0.2) is 17.4 Å². The van der Waals surface area contributed by atoms with Crippen molar-refractivity contribution in [3.05, 3.63) is 89.6 Å². The molecule has 1 atom stereocenters. The number of amides is 2. The topological polar surface area (TPSA) is 62.6 Å². The molecule has 1 aromatic heterocycles. The second-order valence-corrected chi connectivity index (χ2v) is 8.57. The number of carbonyl (C=O) groups is 2. The van der Waals surface area contributed by atoms with Gasteiger partial charge in [0.1, 0.15) is 11.6 Å². The molecule has 1 fully saturated rings. The van der Waals surface area contributed by atoms with Crippen LogP contribution in [0.1, 0.15) is 59.7 Å². The Morgan fingerprint density at radius 3 is 2.53 bits per heavy atom. The molecule has 0 radical (unpaired) electrons. The Morgan fingerprint density at radius 2 is 1.78 bits per heavy atom. The molecule has 5 rings (SSSR count). The minimum Gasteiger partial charge on any atom is -0.467 e. The molecule has 1 spiro atoms. The number of para-hydroxylation sites is 1. The van der Waals surface area contributed by atoms with Crippen LogP contribution < -0.4 is 10.2 Å². The molecule has 2 amide bonds. The van der Waals surface area contributed by atoms with E-state index in [4.69, 9.17) is 4.42 Å². The molecule has 2 heterocycles. The van der Waals surface area contributed by atoms with E-state index in [0.717, 1.165) is 19.3 Å². The van der Waals surface area contributed by atoms with Gasteiger partial charge in [-0.25, -0.2) is 4.39 Å². The normalized spacial score (nSPS) is 19.6. The molecule has 1 aliphatic heterocycles. The lowest BCUT2D eigenvalue weighted by atomic mass is 9.65. The molecule has 1 saturated carbocycles. The van der Waals surface area contributed by atoms with Crippen LogP contribution in [0.5, 0.6) is 0 Å².